The van der Waals surface area contributed by atoms with Crippen molar-refractivity contribution in [3.8, 4) is 11.8 Å². The molecule has 0 saturated carbocycles. The van der Waals surface area contributed by atoms with Gasteiger partial charge in [-0.3, -0.25) is 4.79 Å². The van der Waals surface area contributed by atoms with Crippen LogP contribution in [0.25, 0.3) is 10.8 Å². The maximum atomic E-state index is 12.5. The van der Waals surface area contributed by atoms with Gasteiger partial charge in [0, 0.05) is 6.54 Å². The number of likely N-dealkylation sites (N-methyl/N-ethyl adjacent to an activating group) is 1. The lowest BCUT2D eigenvalue weighted by atomic mass is 9.96. The Hall–Kier alpha value is -2.54. The third-order valence-electron chi connectivity index (χ3n) is 3.90. The molecule has 2 rings (SSSR count). The second-order valence-electron chi connectivity index (χ2n) is 5.20. The van der Waals surface area contributed by atoms with Gasteiger partial charge in [0.2, 0.25) is 5.91 Å². The van der Waals surface area contributed by atoms with Crippen molar-refractivity contribution in [1.29, 1.82) is 5.26 Å². The topological polar surface area (TPSA) is 53.3 Å². The predicted molar refractivity (Wildman–Crippen MR) is 86.8 cm³/mol. The quantitative estimate of drug-likeness (QED) is 0.795. The van der Waals surface area contributed by atoms with Gasteiger partial charge >= 0.3 is 0 Å². The molecule has 2 aromatic carbocycles. The molecule has 0 radical (unpaired) electrons. The molecular weight excluding hydrogens is 276 g/mol. The Morgan fingerprint density at radius 3 is 2.59 bits per heavy atom. The molecule has 0 aliphatic heterocycles. The van der Waals surface area contributed by atoms with Crippen molar-refractivity contribution < 1.29 is 9.53 Å². The second-order valence-corrected chi connectivity index (χ2v) is 5.20. The van der Waals surface area contributed by atoms with Crippen molar-refractivity contribution in [2.75, 3.05) is 20.2 Å². The highest BCUT2D eigenvalue weighted by Gasteiger charge is 2.20. The number of nitriles is 1. The van der Waals surface area contributed by atoms with Crippen LogP contribution in [0.4, 0.5) is 0 Å². The van der Waals surface area contributed by atoms with E-state index in [1.54, 1.807) is 12.0 Å². The minimum Gasteiger partial charge on any atom is -0.497 e. The van der Waals surface area contributed by atoms with E-state index >= 15 is 0 Å². The van der Waals surface area contributed by atoms with Crippen LogP contribution in [-0.2, 0) is 4.79 Å². The average molecular weight is 296 g/mol. The summed E-state index contributed by atoms with van der Waals surface area (Å²) in [6, 6.07) is 13.9. The first kappa shape index (κ1) is 15.8. The first-order valence-corrected chi connectivity index (χ1v) is 7.34. The Bertz CT molecular complexity index is 719. The van der Waals surface area contributed by atoms with Gasteiger partial charge in [-0.1, -0.05) is 24.3 Å². The Labute approximate surface area is 130 Å². The van der Waals surface area contributed by atoms with E-state index in [0.717, 1.165) is 22.1 Å². The lowest BCUT2D eigenvalue weighted by molar-refractivity contribution is -0.131. The van der Waals surface area contributed by atoms with Crippen LogP contribution in [-0.4, -0.2) is 31.0 Å². The van der Waals surface area contributed by atoms with E-state index < -0.39 is 0 Å². The van der Waals surface area contributed by atoms with Crippen LogP contribution >= 0.6 is 0 Å². The van der Waals surface area contributed by atoms with E-state index in [2.05, 4.69) is 0 Å². The highest BCUT2D eigenvalue weighted by Crippen LogP contribution is 2.26. The van der Waals surface area contributed by atoms with Gasteiger partial charge in [-0.25, -0.2) is 0 Å². The van der Waals surface area contributed by atoms with Crippen LogP contribution in [0, 0.1) is 11.3 Å². The molecule has 0 aliphatic rings. The third-order valence-corrected chi connectivity index (χ3v) is 3.90. The van der Waals surface area contributed by atoms with Crippen molar-refractivity contribution >= 4 is 16.7 Å². The van der Waals surface area contributed by atoms with Crippen LogP contribution in [0.2, 0.25) is 0 Å². The Morgan fingerprint density at radius 2 is 1.95 bits per heavy atom. The van der Waals surface area contributed by atoms with Crippen molar-refractivity contribution in [3.05, 3.63) is 42.0 Å². The fourth-order valence-electron chi connectivity index (χ4n) is 2.49. The van der Waals surface area contributed by atoms with E-state index in [-0.39, 0.29) is 18.4 Å². The highest BCUT2D eigenvalue weighted by atomic mass is 16.5. The molecule has 2 aromatic rings. The summed E-state index contributed by atoms with van der Waals surface area (Å²) in [5, 5.41) is 11.0. The number of nitrogens with zero attached hydrogens (tertiary/aromatic N) is 2. The number of rotatable bonds is 5. The van der Waals surface area contributed by atoms with Gasteiger partial charge < -0.3 is 9.64 Å². The largest absolute Gasteiger partial charge is 0.497 e. The summed E-state index contributed by atoms with van der Waals surface area (Å²) < 4.78 is 5.22. The second kappa shape index (κ2) is 6.95. The Balaban J connectivity index is 2.30. The number of amides is 1. The fourth-order valence-corrected chi connectivity index (χ4v) is 2.49. The summed E-state index contributed by atoms with van der Waals surface area (Å²) >= 11 is 0. The number of carbonyl (C=O) groups is 1. The Morgan fingerprint density at radius 1 is 1.27 bits per heavy atom. The molecule has 0 saturated heterocycles. The van der Waals surface area contributed by atoms with E-state index in [9.17, 15) is 4.79 Å². The first-order valence-electron chi connectivity index (χ1n) is 7.34. The molecule has 0 N–H and O–H groups in total. The number of methoxy groups -OCH3 is 1. The summed E-state index contributed by atoms with van der Waals surface area (Å²) in [5.74, 6) is 0.535. The van der Waals surface area contributed by atoms with E-state index in [0.29, 0.717) is 6.54 Å². The van der Waals surface area contributed by atoms with Gasteiger partial charge in [-0.15, -0.1) is 0 Å². The molecule has 1 atom stereocenters. The Kier molecular flexibility index (Phi) is 5.00. The number of ether oxygens (including phenoxy) is 1. The van der Waals surface area contributed by atoms with E-state index in [1.807, 2.05) is 56.3 Å². The monoisotopic (exact) mass is 296 g/mol. The number of carbonyl (C=O) groups excluding carboxylic acids is 1. The molecule has 4 nitrogen and oxygen atoms in total. The molecule has 0 aromatic heterocycles. The fraction of sp³-hybridized carbons (Fsp3) is 0.333. The molecule has 1 amide bonds. The van der Waals surface area contributed by atoms with Crippen molar-refractivity contribution in [2.45, 2.75) is 19.8 Å². The molecule has 0 bridgehead atoms. The van der Waals surface area contributed by atoms with Crippen LogP contribution in [0.3, 0.4) is 0 Å². The lowest BCUT2D eigenvalue weighted by Gasteiger charge is -2.22. The SMILES string of the molecule is CCN(CC#N)C(=O)[C@@H](C)c1ccc2cc(OC)ccc2c1. The van der Waals surface area contributed by atoms with Gasteiger partial charge in [0.25, 0.3) is 0 Å². The van der Waals surface area contributed by atoms with Crippen LogP contribution in [0.5, 0.6) is 5.75 Å². The maximum absolute atomic E-state index is 12.5. The van der Waals surface area contributed by atoms with Crippen molar-refractivity contribution in [1.82, 2.24) is 4.90 Å². The molecule has 0 heterocycles. The average Bonchev–Trinajstić information content (AvgIpc) is 2.57. The number of hydrogen-bond acceptors (Lipinski definition) is 3. The van der Waals surface area contributed by atoms with Crippen molar-refractivity contribution in [3.63, 3.8) is 0 Å². The number of benzene rings is 2. The van der Waals surface area contributed by atoms with Gasteiger partial charge in [-0.2, -0.15) is 5.26 Å². The zero-order valence-corrected chi connectivity index (χ0v) is 13.2. The molecule has 0 fully saturated rings. The molecule has 0 aliphatic carbocycles. The van der Waals surface area contributed by atoms with Crippen molar-refractivity contribution in [2.24, 2.45) is 0 Å². The molecule has 0 spiro atoms. The van der Waals surface area contributed by atoms with Gasteiger partial charge in [0.05, 0.1) is 19.1 Å². The number of hydrogen-bond donors (Lipinski definition) is 0. The highest BCUT2D eigenvalue weighted by molar-refractivity contribution is 5.88. The maximum Gasteiger partial charge on any atom is 0.230 e. The number of fused-ring (bicyclic) bond motifs is 1. The molecule has 114 valence electrons. The summed E-state index contributed by atoms with van der Waals surface area (Å²) in [6.45, 7) is 4.44. The van der Waals surface area contributed by atoms with E-state index in [1.165, 1.54) is 0 Å². The summed E-state index contributed by atoms with van der Waals surface area (Å²) in [7, 11) is 1.64. The normalized spacial score (nSPS) is 11.7. The van der Waals surface area contributed by atoms with Crippen LogP contribution in [0.15, 0.2) is 36.4 Å². The molecular formula is C18H20N2O2. The van der Waals surface area contributed by atoms with Gasteiger partial charge in [-0.05, 0) is 42.3 Å². The van der Waals surface area contributed by atoms with Gasteiger partial charge in [0.15, 0.2) is 0 Å². The van der Waals surface area contributed by atoms with Crippen LogP contribution in [0.1, 0.15) is 25.3 Å². The van der Waals surface area contributed by atoms with Gasteiger partial charge in [0.1, 0.15) is 12.3 Å². The zero-order chi connectivity index (χ0) is 16.1. The lowest BCUT2D eigenvalue weighted by Crippen LogP contribution is -2.34. The first-order chi connectivity index (χ1) is 10.6. The molecule has 22 heavy (non-hydrogen) atoms. The minimum absolute atomic E-state index is 0.0167. The zero-order valence-electron chi connectivity index (χ0n) is 13.2. The summed E-state index contributed by atoms with van der Waals surface area (Å²) in [4.78, 5) is 14.0. The van der Waals surface area contributed by atoms with E-state index in [4.69, 9.17) is 10.00 Å². The van der Waals surface area contributed by atoms with Crippen LogP contribution < -0.4 is 4.74 Å². The summed E-state index contributed by atoms with van der Waals surface area (Å²) in [6.07, 6.45) is 0. The predicted octanol–water partition coefficient (Wildman–Crippen LogP) is 3.32. The third kappa shape index (κ3) is 3.20. The minimum atomic E-state index is -0.264. The molecule has 0 unspecified atom stereocenters. The smallest absolute Gasteiger partial charge is 0.230 e. The summed E-state index contributed by atoms with van der Waals surface area (Å²) in [5.41, 5.74) is 0.957. The molecule has 4 heteroatoms. The standard InChI is InChI=1S/C18H20N2O2/c1-4-20(10-9-19)18(21)13(2)14-5-6-16-12-17(22-3)8-7-15(16)11-14/h5-8,11-13H,4,10H2,1-3H3/t13-/m0/s1.